The molecule has 6 rings (SSSR count). The number of hydrazine groups is 1. The lowest BCUT2D eigenvalue weighted by atomic mass is 9.81. The Hall–Kier alpha value is -4.65. The number of carbonyl (C=O) groups is 4. The first-order chi connectivity index (χ1) is 23.6. The van der Waals surface area contributed by atoms with E-state index in [1.807, 2.05) is 24.3 Å². The van der Waals surface area contributed by atoms with Crippen LogP contribution in [0.4, 0.5) is 16.2 Å². The maximum atomic E-state index is 14.3. The lowest BCUT2D eigenvalue weighted by Gasteiger charge is -2.33. The van der Waals surface area contributed by atoms with Crippen LogP contribution < -0.4 is 15.6 Å². The lowest BCUT2D eigenvalue weighted by Crippen LogP contribution is -2.53. The number of para-hydroxylation sites is 1. The van der Waals surface area contributed by atoms with Crippen LogP contribution in [0.2, 0.25) is 0 Å². The largest absolute Gasteiger partial charge is 0.440 e. The van der Waals surface area contributed by atoms with Crippen LogP contribution in [0.25, 0.3) is 11.4 Å². The van der Waals surface area contributed by atoms with Crippen molar-refractivity contribution in [3.05, 3.63) is 54.1 Å². The van der Waals surface area contributed by atoms with Crippen LogP contribution in [0.3, 0.4) is 0 Å². The summed E-state index contributed by atoms with van der Waals surface area (Å²) in [4.78, 5) is 56.2. The van der Waals surface area contributed by atoms with Crippen molar-refractivity contribution in [1.82, 2.24) is 30.6 Å². The standard InChI is InChI=1S/C36H46N8O5/c1-36(2,3)34(47)49-23-44-40-33(38-41-44)26-16-11-17-27(20-26)37-31(46)22-43-35(48)42(21-30(45)24-12-7-8-13-24)29-19-10-9-18-28(29)32(39-43)25-14-5-4-6-15-25/h9-11,16-20,24-25,32,39H,4-8,12-15,21-23H2,1-3H3,(H,37,46). The number of Topliss-reactive ketones (excluding diaryl/α,β-unsaturated/α-hetero) is 1. The van der Waals surface area contributed by atoms with Crippen LogP contribution in [-0.4, -0.2) is 62.0 Å². The molecule has 13 heteroatoms. The van der Waals surface area contributed by atoms with Gasteiger partial charge in [0.25, 0.3) is 0 Å². The fourth-order valence-electron chi connectivity index (χ4n) is 6.99. The maximum absolute atomic E-state index is 14.3. The number of ether oxygens (including phenoxy) is 1. The minimum atomic E-state index is -0.657. The normalized spacial score (nSPS) is 19.0. The van der Waals surface area contributed by atoms with Gasteiger partial charge in [0, 0.05) is 17.2 Å². The Labute approximate surface area is 286 Å². The van der Waals surface area contributed by atoms with E-state index in [1.54, 1.807) is 49.9 Å². The van der Waals surface area contributed by atoms with E-state index in [4.69, 9.17) is 4.74 Å². The number of hydrogen-bond donors (Lipinski definition) is 2. The predicted molar refractivity (Wildman–Crippen MR) is 183 cm³/mol. The molecule has 2 fully saturated rings. The summed E-state index contributed by atoms with van der Waals surface area (Å²) >= 11 is 0. The Morgan fingerprint density at radius 3 is 2.43 bits per heavy atom. The van der Waals surface area contributed by atoms with Crippen molar-refractivity contribution < 1.29 is 23.9 Å². The van der Waals surface area contributed by atoms with Gasteiger partial charge in [-0.1, -0.05) is 62.4 Å². The molecular formula is C36H46N8O5. The Bertz CT molecular complexity index is 1670. The molecule has 1 aliphatic heterocycles. The molecular weight excluding hydrogens is 624 g/mol. The summed E-state index contributed by atoms with van der Waals surface area (Å²) in [6.45, 7) is 4.82. The number of esters is 1. The van der Waals surface area contributed by atoms with Crippen molar-refractivity contribution in [2.75, 3.05) is 23.3 Å². The van der Waals surface area contributed by atoms with Crippen LogP contribution in [-0.2, 0) is 25.9 Å². The van der Waals surface area contributed by atoms with Gasteiger partial charge in [0.05, 0.1) is 23.7 Å². The number of ketones is 1. The molecule has 2 aromatic carbocycles. The number of nitrogens with zero attached hydrogens (tertiary/aromatic N) is 6. The molecule has 2 aliphatic carbocycles. The van der Waals surface area contributed by atoms with Crippen molar-refractivity contribution in [1.29, 1.82) is 0 Å². The van der Waals surface area contributed by atoms with Gasteiger partial charge in [0.1, 0.15) is 6.54 Å². The van der Waals surface area contributed by atoms with Crippen LogP contribution in [0, 0.1) is 17.3 Å². The van der Waals surface area contributed by atoms with Crippen LogP contribution in [0.1, 0.15) is 90.2 Å². The number of fused-ring (bicyclic) bond motifs is 1. The Morgan fingerprint density at radius 1 is 0.939 bits per heavy atom. The van der Waals surface area contributed by atoms with Crippen molar-refractivity contribution in [2.24, 2.45) is 17.3 Å². The van der Waals surface area contributed by atoms with E-state index >= 15 is 0 Å². The number of amides is 3. The Balaban J connectivity index is 1.19. The highest BCUT2D eigenvalue weighted by Gasteiger charge is 2.39. The average molecular weight is 671 g/mol. The highest BCUT2D eigenvalue weighted by molar-refractivity contribution is 6.02. The van der Waals surface area contributed by atoms with Gasteiger partial charge < -0.3 is 10.1 Å². The van der Waals surface area contributed by atoms with Crippen molar-refractivity contribution in [2.45, 2.75) is 91.3 Å². The summed E-state index contributed by atoms with van der Waals surface area (Å²) in [5, 5.41) is 16.7. The molecule has 0 spiro atoms. The number of carbonyl (C=O) groups excluding carboxylic acids is 4. The fraction of sp³-hybridized carbons (Fsp3) is 0.528. The number of anilines is 2. The number of tetrazole rings is 1. The molecule has 0 radical (unpaired) electrons. The van der Waals surface area contributed by atoms with Crippen molar-refractivity contribution in [3.8, 4) is 11.4 Å². The van der Waals surface area contributed by atoms with Crippen molar-refractivity contribution in [3.63, 3.8) is 0 Å². The Kier molecular flexibility index (Phi) is 10.4. The summed E-state index contributed by atoms with van der Waals surface area (Å²) in [6, 6.07) is 14.2. The average Bonchev–Trinajstić information content (AvgIpc) is 3.79. The zero-order chi connectivity index (χ0) is 34.5. The monoisotopic (exact) mass is 670 g/mol. The molecule has 1 atom stereocenters. The molecule has 0 saturated heterocycles. The number of urea groups is 1. The maximum Gasteiger partial charge on any atom is 0.339 e. The number of benzene rings is 2. The zero-order valence-electron chi connectivity index (χ0n) is 28.6. The molecule has 2 saturated carbocycles. The molecule has 2 heterocycles. The molecule has 13 nitrogen and oxygen atoms in total. The minimum absolute atomic E-state index is 0.0250. The quantitative estimate of drug-likeness (QED) is 0.261. The third-order valence-corrected chi connectivity index (χ3v) is 9.65. The fourth-order valence-corrected chi connectivity index (χ4v) is 6.99. The van der Waals surface area contributed by atoms with Gasteiger partial charge in [-0.2, -0.15) is 0 Å². The summed E-state index contributed by atoms with van der Waals surface area (Å²) in [7, 11) is 0. The molecule has 49 heavy (non-hydrogen) atoms. The van der Waals surface area contributed by atoms with Gasteiger partial charge in [-0.25, -0.2) is 15.2 Å². The summed E-state index contributed by atoms with van der Waals surface area (Å²) in [5.41, 5.74) is 5.59. The summed E-state index contributed by atoms with van der Waals surface area (Å²) in [5.74, 6) is -0.180. The van der Waals surface area contributed by atoms with Gasteiger partial charge in [0.15, 0.2) is 5.78 Å². The van der Waals surface area contributed by atoms with Gasteiger partial charge in [-0.05, 0) is 81.3 Å². The Morgan fingerprint density at radius 2 is 1.67 bits per heavy atom. The van der Waals surface area contributed by atoms with E-state index in [1.165, 1.54) is 16.2 Å². The number of hydrogen-bond acceptors (Lipinski definition) is 9. The van der Waals surface area contributed by atoms with E-state index in [0.29, 0.717) is 17.1 Å². The smallest absolute Gasteiger partial charge is 0.339 e. The number of aromatic nitrogens is 4. The first-order valence-electron chi connectivity index (χ1n) is 17.4. The first-order valence-corrected chi connectivity index (χ1v) is 17.4. The molecule has 260 valence electrons. The minimum Gasteiger partial charge on any atom is -0.440 e. The number of nitrogens with one attached hydrogen (secondary N) is 2. The van der Waals surface area contributed by atoms with Crippen molar-refractivity contribution >= 4 is 35.1 Å². The van der Waals surface area contributed by atoms with E-state index in [2.05, 4.69) is 26.2 Å². The second kappa shape index (κ2) is 14.9. The molecule has 1 unspecified atom stereocenters. The molecule has 3 amide bonds. The van der Waals surface area contributed by atoms with Crippen LogP contribution >= 0.6 is 0 Å². The summed E-state index contributed by atoms with van der Waals surface area (Å²) in [6.07, 6.45) is 9.22. The van der Waals surface area contributed by atoms with E-state index in [9.17, 15) is 19.2 Å². The first kappa shape index (κ1) is 34.2. The second-order valence-corrected chi connectivity index (χ2v) is 14.4. The SMILES string of the molecule is CC(C)(C)C(=O)OCn1nnc(-c2cccc(NC(=O)CN3NC(C4CCCCC4)c4ccccc4N(CC(=O)C4CCCC4)C3=O)c2)n1. The number of rotatable bonds is 10. The lowest BCUT2D eigenvalue weighted by molar-refractivity contribution is -0.158. The highest BCUT2D eigenvalue weighted by Crippen LogP contribution is 2.40. The molecule has 3 aromatic rings. The topological polar surface area (TPSA) is 152 Å². The molecule has 3 aliphatic rings. The van der Waals surface area contributed by atoms with Crippen LogP contribution in [0.15, 0.2) is 48.5 Å². The summed E-state index contributed by atoms with van der Waals surface area (Å²) < 4.78 is 5.27. The second-order valence-electron chi connectivity index (χ2n) is 14.4. The molecule has 0 bridgehead atoms. The molecule has 2 N–H and O–H groups in total. The van der Waals surface area contributed by atoms with Gasteiger partial charge >= 0.3 is 12.0 Å². The van der Waals surface area contributed by atoms with E-state index < -0.39 is 17.4 Å². The van der Waals surface area contributed by atoms with E-state index in [0.717, 1.165) is 62.6 Å². The van der Waals surface area contributed by atoms with Gasteiger partial charge in [-0.3, -0.25) is 19.3 Å². The zero-order valence-corrected chi connectivity index (χ0v) is 28.6. The van der Waals surface area contributed by atoms with Gasteiger partial charge in [0.2, 0.25) is 18.5 Å². The third-order valence-electron chi connectivity index (χ3n) is 9.65. The third kappa shape index (κ3) is 8.15. The van der Waals surface area contributed by atoms with Crippen LogP contribution in [0.5, 0.6) is 0 Å². The predicted octanol–water partition coefficient (Wildman–Crippen LogP) is 5.65. The molecule has 1 aromatic heterocycles. The van der Waals surface area contributed by atoms with Gasteiger partial charge in [-0.15, -0.1) is 15.0 Å². The van der Waals surface area contributed by atoms with E-state index in [-0.39, 0.29) is 49.5 Å². The highest BCUT2D eigenvalue weighted by atomic mass is 16.5.